The van der Waals surface area contributed by atoms with Crippen LogP contribution in [0.2, 0.25) is 15.1 Å². The summed E-state index contributed by atoms with van der Waals surface area (Å²) in [5, 5.41) is 33.1. The smallest absolute Gasteiger partial charge is 0.206 e. The number of Topliss-reactive ketones (excluding diaryl/α,β-unsaturated/α-hetero) is 2. The summed E-state index contributed by atoms with van der Waals surface area (Å²) >= 11 is 19.2. The van der Waals surface area contributed by atoms with Gasteiger partial charge in [-0.3, -0.25) is 9.59 Å². The first kappa shape index (κ1) is 29.3. The summed E-state index contributed by atoms with van der Waals surface area (Å²) in [7, 11) is 4.41. The van der Waals surface area contributed by atoms with Crippen molar-refractivity contribution in [1.29, 1.82) is 0 Å². The van der Waals surface area contributed by atoms with E-state index in [2.05, 4.69) is 0 Å². The van der Waals surface area contributed by atoms with Gasteiger partial charge >= 0.3 is 0 Å². The highest BCUT2D eigenvalue weighted by Gasteiger charge is 2.64. The molecule has 0 amide bonds. The average molecular weight is 622 g/mol. The fourth-order valence-electron chi connectivity index (χ4n) is 6.41. The zero-order chi connectivity index (χ0) is 30.3. The van der Waals surface area contributed by atoms with Gasteiger partial charge in [0, 0.05) is 28.7 Å². The largest absolute Gasteiger partial charge is 0.505 e. The van der Waals surface area contributed by atoms with E-state index in [1.807, 2.05) is 0 Å². The molecule has 0 aromatic heterocycles. The van der Waals surface area contributed by atoms with E-state index in [1.165, 1.54) is 21.3 Å². The number of rotatable bonds is 4. The van der Waals surface area contributed by atoms with Gasteiger partial charge in [0.05, 0.1) is 36.9 Å². The quantitative estimate of drug-likeness (QED) is 0.289. The highest BCUT2D eigenvalue weighted by molar-refractivity contribution is 6.40. The highest BCUT2D eigenvalue weighted by atomic mass is 35.5. The van der Waals surface area contributed by atoms with Gasteiger partial charge in [0.1, 0.15) is 28.0 Å². The van der Waals surface area contributed by atoms with E-state index in [0.717, 1.165) is 0 Å². The van der Waals surface area contributed by atoms with Gasteiger partial charge in [-0.25, -0.2) is 0 Å². The van der Waals surface area contributed by atoms with Gasteiger partial charge in [0.15, 0.2) is 11.4 Å². The van der Waals surface area contributed by atoms with Crippen molar-refractivity contribution in [2.45, 2.75) is 38.2 Å². The van der Waals surface area contributed by atoms with E-state index in [9.17, 15) is 24.9 Å². The number of aliphatic hydroxyl groups is 1. The summed E-state index contributed by atoms with van der Waals surface area (Å²) in [5.74, 6) is -3.21. The molecule has 3 aromatic rings. The number of aromatic hydroxyl groups is 2. The van der Waals surface area contributed by atoms with Crippen molar-refractivity contribution in [3.63, 3.8) is 0 Å². The lowest BCUT2D eigenvalue weighted by molar-refractivity contribution is -0.0202. The normalized spacial score (nSPS) is 20.7. The lowest BCUT2D eigenvalue weighted by atomic mass is 9.52. The molecule has 3 N–H and O–H groups in total. The van der Waals surface area contributed by atoms with Gasteiger partial charge in [-0.15, -0.1) is 0 Å². The molecule has 2 atom stereocenters. The molecule has 3 aromatic carbocycles. The van der Waals surface area contributed by atoms with E-state index in [0.29, 0.717) is 39.5 Å². The average Bonchev–Trinajstić information content (AvgIpc) is 2.94. The van der Waals surface area contributed by atoms with E-state index in [4.69, 9.17) is 49.0 Å². The van der Waals surface area contributed by atoms with E-state index >= 15 is 0 Å². The first-order valence-corrected chi connectivity index (χ1v) is 13.7. The fourth-order valence-corrected chi connectivity index (χ4v) is 7.30. The maximum Gasteiger partial charge on any atom is 0.206 e. The Morgan fingerprint density at radius 3 is 2.00 bits per heavy atom. The standard InChI is InChI=1S/C30H27Cl3O8/c1-11-18(15(40-5)10-16(41-6)22(11)31)14-9-13(39-4)7-12-8-17-29(2,3)21-20(25(34)24(33)26(35)23(21)32)28(37)30(17,38)27(36)19(12)14/h7,9-10,17,34-35,38H,8H2,1-6H3/t17-,30+/m0/s1. The van der Waals surface area contributed by atoms with Crippen molar-refractivity contribution in [2.24, 2.45) is 5.92 Å². The van der Waals surface area contributed by atoms with Crippen molar-refractivity contribution in [3.05, 3.63) is 61.1 Å². The molecular weight excluding hydrogens is 595 g/mol. The van der Waals surface area contributed by atoms with E-state index < -0.39 is 50.6 Å². The Morgan fingerprint density at radius 1 is 0.805 bits per heavy atom. The molecule has 0 heterocycles. The number of benzene rings is 3. The van der Waals surface area contributed by atoms with Crippen LogP contribution in [-0.2, 0) is 11.8 Å². The molecule has 0 radical (unpaired) electrons. The number of halogens is 3. The molecule has 11 heteroatoms. The molecule has 0 spiro atoms. The lowest BCUT2D eigenvalue weighted by Gasteiger charge is -2.51. The number of phenolic OH excluding ortho intramolecular Hbond substituents is 2. The number of ether oxygens (including phenoxy) is 3. The van der Waals surface area contributed by atoms with E-state index in [1.54, 1.807) is 39.0 Å². The van der Waals surface area contributed by atoms with Gasteiger partial charge in [-0.1, -0.05) is 48.7 Å². The van der Waals surface area contributed by atoms with Crippen LogP contribution in [0.4, 0.5) is 0 Å². The second-order valence-electron chi connectivity index (χ2n) is 10.8. The van der Waals surface area contributed by atoms with Crippen LogP contribution in [0.15, 0.2) is 18.2 Å². The van der Waals surface area contributed by atoms with Crippen molar-refractivity contribution < 1.29 is 39.1 Å². The molecule has 0 saturated heterocycles. The third-order valence-electron chi connectivity index (χ3n) is 8.49. The molecule has 216 valence electrons. The van der Waals surface area contributed by atoms with Crippen LogP contribution in [0.25, 0.3) is 11.1 Å². The van der Waals surface area contributed by atoms with Gasteiger partial charge in [-0.2, -0.15) is 0 Å². The molecule has 2 aliphatic rings. The fraction of sp³-hybridized carbons (Fsp3) is 0.333. The first-order chi connectivity index (χ1) is 19.2. The zero-order valence-electron chi connectivity index (χ0n) is 23.0. The van der Waals surface area contributed by atoms with E-state index in [-0.39, 0.29) is 27.6 Å². The summed E-state index contributed by atoms with van der Waals surface area (Å²) in [4.78, 5) is 28.6. The van der Waals surface area contributed by atoms with Crippen molar-refractivity contribution >= 4 is 46.4 Å². The number of carbonyl (C=O) groups is 2. The summed E-state index contributed by atoms with van der Waals surface area (Å²) in [5.41, 5.74) is -2.21. The third kappa shape index (κ3) is 3.77. The Hall–Kier alpha value is -3.17. The monoisotopic (exact) mass is 620 g/mol. The van der Waals surface area contributed by atoms with Crippen LogP contribution < -0.4 is 14.2 Å². The third-order valence-corrected chi connectivity index (χ3v) is 9.68. The minimum Gasteiger partial charge on any atom is -0.505 e. The van der Waals surface area contributed by atoms with Gasteiger partial charge in [0.25, 0.3) is 0 Å². The number of carbonyl (C=O) groups excluding carboxylic acids is 2. The maximum atomic E-state index is 14.5. The second-order valence-corrected chi connectivity index (χ2v) is 11.9. The molecule has 0 fully saturated rings. The van der Waals surface area contributed by atoms with Crippen molar-refractivity contribution in [2.75, 3.05) is 21.3 Å². The van der Waals surface area contributed by atoms with Crippen molar-refractivity contribution in [1.82, 2.24) is 0 Å². The minimum atomic E-state index is -2.61. The predicted octanol–water partition coefficient (Wildman–Crippen LogP) is 6.32. The Labute approximate surface area is 251 Å². The van der Waals surface area contributed by atoms with Crippen LogP contribution in [-0.4, -0.2) is 53.8 Å². The molecule has 5 rings (SSSR count). The number of hydrogen-bond donors (Lipinski definition) is 3. The summed E-state index contributed by atoms with van der Waals surface area (Å²) in [6.45, 7) is 5.10. The molecular formula is C30H27Cl3O8. The Bertz CT molecular complexity index is 1680. The number of methoxy groups -OCH3 is 3. The second kappa shape index (κ2) is 9.70. The van der Waals surface area contributed by atoms with Crippen LogP contribution >= 0.6 is 34.8 Å². The van der Waals surface area contributed by atoms with Crippen molar-refractivity contribution in [3.8, 4) is 39.9 Å². The Morgan fingerprint density at radius 2 is 1.41 bits per heavy atom. The summed E-state index contributed by atoms with van der Waals surface area (Å²) in [6, 6.07) is 4.88. The topological polar surface area (TPSA) is 123 Å². The lowest BCUT2D eigenvalue weighted by Crippen LogP contribution is -2.64. The van der Waals surface area contributed by atoms with Gasteiger partial charge in [-0.05, 0) is 47.6 Å². The molecule has 0 saturated carbocycles. The first-order valence-electron chi connectivity index (χ1n) is 12.6. The number of phenols is 2. The predicted molar refractivity (Wildman–Crippen MR) is 155 cm³/mol. The number of hydrogen-bond acceptors (Lipinski definition) is 8. The Kier molecular flexibility index (Phi) is 6.94. The molecule has 0 aliphatic heterocycles. The molecule has 0 bridgehead atoms. The summed E-state index contributed by atoms with van der Waals surface area (Å²) < 4.78 is 16.6. The number of fused-ring (bicyclic) bond motifs is 3. The van der Waals surface area contributed by atoms with Crippen LogP contribution in [0.3, 0.4) is 0 Å². The molecule has 0 unspecified atom stereocenters. The van der Waals surface area contributed by atoms with Gasteiger partial charge < -0.3 is 29.5 Å². The SMILES string of the molecule is COc1cc2c(c(-c3c(OC)cc(OC)c(Cl)c3C)c1)C(=O)[C@@]1(O)C(=O)c3c(O)c(Cl)c(O)c(Cl)c3C(C)(C)[C@@H]1C2. The van der Waals surface area contributed by atoms with Crippen LogP contribution in [0, 0.1) is 12.8 Å². The molecule has 2 aliphatic carbocycles. The zero-order valence-corrected chi connectivity index (χ0v) is 25.3. The van der Waals surface area contributed by atoms with Crippen LogP contribution in [0.5, 0.6) is 28.7 Å². The molecule has 41 heavy (non-hydrogen) atoms. The maximum absolute atomic E-state index is 14.5. The minimum absolute atomic E-state index is 0.0473. The summed E-state index contributed by atoms with van der Waals surface area (Å²) in [6.07, 6.45) is 0.0473. The molecule has 8 nitrogen and oxygen atoms in total. The Balaban J connectivity index is 1.86. The highest BCUT2D eigenvalue weighted by Crippen LogP contribution is 2.59. The van der Waals surface area contributed by atoms with Crippen LogP contribution in [0.1, 0.15) is 51.3 Å². The van der Waals surface area contributed by atoms with Gasteiger partial charge in [0.2, 0.25) is 11.6 Å². The number of ketones is 2.